The number of hydrogen-bond acceptors (Lipinski definition) is 2. The first-order valence-electron chi connectivity index (χ1n) is 7.19. The van der Waals surface area contributed by atoms with Crippen molar-refractivity contribution in [3.05, 3.63) is 72.8 Å². The summed E-state index contributed by atoms with van der Waals surface area (Å²) in [4.78, 5) is 4.14. The molecule has 2 N–H and O–H groups in total. The lowest BCUT2D eigenvalue weighted by atomic mass is 10.2. The highest BCUT2D eigenvalue weighted by Gasteiger charge is 1.99. The van der Waals surface area contributed by atoms with Crippen LogP contribution in [-0.2, 0) is 6.54 Å². The van der Waals surface area contributed by atoms with Gasteiger partial charge in [-0.25, -0.2) is 0 Å². The van der Waals surface area contributed by atoms with Crippen LogP contribution in [-0.4, -0.2) is 19.6 Å². The van der Waals surface area contributed by atoms with Gasteiger partial charge in [-0.1, -0.05) is 36.4 Å². The molecule has 2 rings (SSSR count). The summed E-state index contributed by atoms with van der Waals surface area (Å²) in [6.07, 6.45) is 1.79. The first kappa shape index (κ1) is 15.6. The number of hydrogen-bond donors (Lipinski definition) is 2. The van der Waals surface area contributed by atoms with E-state index in [0.29, 0.717) is 13.1 Å². The number of rotatable bonds is 6. The lowest BCUT2D eigenvalue weighted by Crippen LogP contribution is -2.36. The molecule has 0 saturated carbocycles. The zero-order valence-corrected chi connectivity index (χ0v) is 12.8. The molecule has 0 saturated heterocycles. The Morgan fingerprint density at radius 1 is 1.05 bits per heavy atom. The third-order valence-corrected chi connectivity index (χ3v) is 3.00. The van der Waals surface area contributed by atoms with Crippen molar-refractivity contribution in [1.29, 1.82) is 0 Å². The SMILES string of the molecule is C=CCNC(=NC)NCc1ccc(Oc2ccccc2)cc1. The number of para-hydroxylation sites is 1. The van der Waals surface area contributed by atoms with E-state index in [4.69, 9.17) is 4.74 Å². The Morgan fingerprint density at radius 3 is 2.36 bits per heavy atom. The van der Waals surface area contributed by atoms with Gasteiger partial charge in [0.25, 0.3) is 0 Å². The predicted octanol–water partition coefficient (Wildman–Crippen LogP) is 3.33. The standard InChI is InChI=1S/C18H21N3O/c1-3-13-20-18(19-2)21-14-15-9-11-17(12-10-15)22-16-7-5-4-6-8-16/h3-12H,1,13-14H2,2H3,(H2,19,20,21). The van der Waals surface area contributed by atoms with E-state index in [0.717, 1.165) is 23.0 Å². The summed E-state index contributed by atoms with van der Waals surface area (Å²) >= 11 is 0. The number of aliphatic imine (C=N–C) groups is 1. The summed E-state index contributed by atoms with van der Waals surface area (Å²) in [7, 11) is 1.75. The van der Waals surface area contributed by atoms with Crippen molar-refractivity contribution in [2.24, 2.45) is 4.99 Å². The minimum Gasteiger partial charge on any atom is -0.457 e. The molecular weight excluding hydrogens is 274 g/mol. The Hall–Kier alpha value is -2.75. The first-order chi connectivity index (χ1) is 10.8. The molecule has 0 aliphatic carbocycles. The summed E-state index contributed by atoms with van der Waals surface area (Å²) in [5.41, 5.74) is 1.15. The average Bonchev–Trinajstić information content (AvgIpc) is 2.57. The van der Waals surface area contributed by atoms with E-state index in [1.54, 1.807) is 13.1 Å². The Balaban J connectivity index is 1.88. The molecule has 0 atom stereocenters. The molecule has 2 aromatic rings. The van der Waals surface area contributed by atoms with Gasteiger partial charge >= 0.3 is 0 Å². The summed E-state index contributed by atoms with van der Waals surface area (Å²) in [6.45, 7) is 5.05. The summed E-state index contributed by atoms with van der Waals surface area (Å²) in [5.74, 6) is 2.41. The Kier molecular flexibility index (Phi) is 6.05. The largest absolute Gasteiger partial charge is 0.457 e. The van der Waals surface area contributed by atoms with Crippen LogP contribution in [0.1, 0.15) is 5.56 Å². The second-order valence-electron chi connectivity index (χ2n) is 4.65. The third kappa shape index (κ3) is 4.98. The van der Waals surface area contributed by atoms with Gasteiger partial charge in [0.2, 0.25) is 0 Å². The van der Waals surface area contributed by atoms with Crippen LogP contribution in [0.4, 0.5) is 0 Å². The van der Waals surface area contributed by atoms with E-state index in [9.17, 15) is 0 Å². The van der Waals surface area contributed by atoms with Crippen molar-refractivity contribution in [3.63, 3.8) is 0 Å². The molecule has 2 aromatic carbocycles. The monoisotopic (exact) mass is 295 g/mol. The van der Waals surface area contributed by atoms with Gasteiger partial charge in [-0.15, -0.1) is 6.58 Å². The van der Waals surface area contributed by atoms with Crippen molar-refractivity contribution in [2.45, 2.75) is 6.54 Å². The van der Waals surface area contributed by atoms with Crippen molar-refractivity contribution in [2.75, 3.05) is 13.6 Å². The molecular formula is C18H21N3O. The van der Waals surface area contributed by atoms with E-state index < -0.39 is 0 Å². The van der Waals surface area contributed by atoms with Crippen LogP contribution in [0, 0.1) is 0 Å². The second-order valence-corrected chi connectivity index (χ2v) is 4.65. The van der Waals surface area contributed by atoms with Gasteiger partial charge in [0.1, 0.15) is 11.5 Å². The number of benzene rings is 2. The molecule has 0 aliphatic heterocycles. The molecule has 0 amide bonds. The number of ether oxygens (including phenoxy) is 1. The molecule has 0 unspecified atom stereocenters. The molecule has 4 nitrogen and oxygen atoms in total. The summed E-state index contributed by atoms with van der Waals surface area (Å²) in [6, 6.07) is 17.7. The number of nitrogens with zero attached hydrogens (tertiary/aromatic N) is 1. The quantitative estimate of drug-likeness (QED) is 0.488. The van der Waals surface area contributed by atoms with Gasteiger partial charge in [0, 0.05) is 20.1 Å². The van der Waals surface area contributed by atoms with Crippen LogP contribution in [0.15, 0.2) is 72.2 Å². The third-order valence-electron chi connectivity index (χ3n) is 3.00. The lowest BCUT2D eigenvalue weighted by Gasteiger charge is -2.11. The molecule has 0 aliphatic rings. The van der Waals surface area contributed by atoms with Crippen LogP contribution in [0.25, 0.3) is 0 Å². The zero-order chi connectivity index (χ0) is 15.6. The second kappa shape index (κ2) is 8.52. The van der Waals surface area contributed by atoms with Gasteiger partial charge in [0.15, 0.2) is 5.96 Å². The molecule has 0 fully saturated rings. The molecule has 0 bridgehead atoms. The minimum absolute atomic E-state index is 0.684. The molecule has 0 aromatic heterocycles. The van der Waals surface area contributed by atoms with Crippen molar-refractivity contribution in [3.8, 4) is 11.5 Å². The fraction of sp³-hybridized carbons (Fsp3) is 0.167. The van der Waals surface area contributed by atoms with Crippen LogP contribution in [0.3, 0.4) is 0 Å². The van der Waals surface area contributed by atoms with Gasteiger partial charge in [-0.05, 0) is 29.8 Å². The highest BCUT2D eigenvalue weighted by Crippen LogP contribution is 2.20. The molecule has 0 spiro atoms. The zero-order valence-electron chi connectivity index (χ0n) is 12.8. The van der Waals surface area contributed by atoms with Gasteiger partial charge in [-0.2, -0.15) is 0 Å². The first-order valence-corrected chi connectivity index (χ1v) is 7.19. The fourth-order valence-corrected chi connectivity index (χ4v) is 1.88. The van der Waals surface area contributed by atoms with Crippen LogP contribution in [0.5, 0.6) is 11.5 Å². The summed E-state index contributed by atoms with van der Waals surface area (Å²) in [5, 5.41) is 6.37. The average molecular weight is 295 g/mol. The summed E-state index contributed by atoms with van der Waals surface area (Å²) < 4.78 is 5.77. The topological polar surface area (TPSA) is 45.7 Å². The smallest absolute Gasteiger partial charge is 0.191 e. The maximum Gasteiger partial charge on any atom is 0.191 e. The van der Waals surface area contributed by atoms with E-state index in [1.807, 2.05) is 54.6 Å². The number of nitrogens with one attached hydrogen (secondary N) is 2. The van der Waals surface area contributed by atoms with E-state index in [1.165, 1.54) is 0 Å². The Bertz CT molecular complexity index is 606. The highest BCUT2D eigenvalue weighted by molar-refractivity contribution is 5.79. The lowest BCUT2D eigenvalue weighted by molar-refractivity contribution is 0.482. The molecule has 0 heterocycles. The van der Waals surface area contributed by atoms with Crippen LogP contribution in [0.2, 0.25) is 0 Å². The van der Waals surface area contributed by atoms with Gasteiger partial charge in [0.05, 0.1) is 0 Å². The van der Waals surface area contributed by atoms with E-state index >= 15 is 0 Å². The van der Waals surface area contributed by atoms with E-state index in [2.05, 4.69) is 22.2 Å². The van der Waals surface area contributed by atoms with Gasteiger partial charge in [-0.3, -0.25) is 4.99 Å². The highest BCUT2D eigenvalue weighted by atomic mass is 16.5. The normalized spacial score (nSPS) is 10.9. The molecule has 4 heteroatoms. The molecule has 114 valence electrons. The maximum atomic E-state index is 5.77. The van der Waals surface area contributed by atoms with Crippen molar-refractivity contribution < 1.29 is 4.74 Å². The Labute approximate surface area is 131 Å². The van der Waals surface area contributed by atoms with Crippen LogP contribution >= 0.6 is 0 Å². The number of guanidine groups is 1. The van der Waals surface area contributed by atoms with Crippen molar-refractivity contribution >= 4 is 5.96 Å². The molecule has 22 heavy (non-hydrogen) atoms. The van der Waals surface area contributed by atoms with Crippen molar-refractivity contribution in [1.82, 2.24) is 10.6 Å². The maximum absolute atomic E-state index is 5.77. The fourth-order valence-electron chi connectivity index (χ4n) is 1.88. The van der Waals surface area contributed by atoms with Crippen LogP contribution < -0.4 is 15.4 Å². The van der Waals surface area contributed by atoms with E-state index in [-0.39, 0.29) is 0 Å². The predicted molar refractivity (Wildman–Crippen MR) is 91.4 cm³/mol. The van der Waals surface area contributed by atoms with Gasteiger partial charge < -0.3 is 15.4 Å². The molecule has 0 radical (unpaired) electrons. The minimum atomic E-state index is 0.684. The Morgan fingerprint density at radius 2 is 1.73 bits per heavy atom.